The molecule has 5 nitrogen and oxygen atoms in total. The zero-order valence-corrected chi connectivity index (χ0v) is 10.3. The number of benzene rings is 1. The number of anilines is 1. The van der Waals surface area contributed by atoms with Crippen molar-refractivity contribution in [3.05, 3.63) is 29.8 Å². The van der Waals surface area contributed by atoms with Crippen molar-refractivity contribution in [2.24, 2.45) is 5.73 Å². The van der Waals surface area contributed by atoms with E-state index < -0.39 is 0 Å². The molecule has 96 valence electrons. The Morgan fingerprint density at radius 1 is 1.28 bits per heavy atom. The first kappa shape index (κ1) is 12.6. The molecule has 0 bridgehead atoms. The average Bonchev–Trinajstić information content (AvgIpc) is 2.36. The maximum Gasteiger partial charge on any atom is 0.246 e. The summed E-state index contributed by atoms with van der Waals surface area (Å²) in [6.45, 7) is 2.98. The maximum atomic E-state index is 11.4. The summed E-state index contributed by atoms with van der Waals surface area (Å²) in [6, 6.07) is 7.76. The zero-order valence-electron chi connectivity index (χ0n) is 10.3. The molecule has 1 heterocycles. The Balaban J connectivity index is 2.32. The van der Waals surface area contributed by atoms with E-state index in [1.54, 1.807) is 4.90 Å². The molecule has 0 radical (unpaired) electrons. The SMILES string of the molecule is CC(CN)c1ccccc1N1CC(=O)NC(=O)C1. The van der Waals surface area contributed by atoms with Gasteiger partial charge in [0.1, 0.15) is 0 Å². The zero-order chi connectivity index (χ0) is 13.1. The number of hydrogen-bond acceptors (Lipinski definition) is 4. The monoisotopic (exact) mass is 247 g/mol. The highest BCUT2D eigenvalue weighted by Crippen LogP contribution is 2.27. The van der Waals surface area contributed by atoms with Crippen LogP contribution >= 0.6 is 0 Å². The molecule has 0 saturated carbocycles. The van der Waals surface area contributed by atoms with Gasteiger partial charge in [0.05, 0.1) is 13.1 Å². The topological polar surface area (TPSA) is 75.4 Å². The van der Waals surface area contributed by atoms with Crippen molar-refractivity contribution in [1.82, 2.24) is 5.32 Å². The lowest BCUT2D eigenvalue weighted by Gasteiger charge is -2.30. The quantitative estimate of drug-likeness (QED) is 0.749. The third-order valence-corrected chi connectivity index (χ3v) is 3.11. The number of amides is 2. The van der Waals surface area contributed by atoms with Crippen LogP contribution in [-0.4, -0.2) is 31.4 Å². The summed E-state index contributed by atoms with van der Waals surface area (Å²) in [4.78, 5) is 24.6. The molecular weight excluding hydrogens is 230 g/mol. The van der Waals surface area contributed by atoms with Crippen LogP contribution in [0.2, 0.25) is 0 Å². The molecule has 2 rings (SSSR count). The minimum absolute atomic E-state index is 0.196. The Kier molecular flexibility index (Phi) is 3.62. The van der Waals surface area contributed by atoms with Gasteiger partial charge in [-0.1, -0.05) is 25.1 Å². The highest BCUT2D eigenvalue weighted by Gasteiger charge is 2.24. The third-order valence-electron chi connectivity index (χ3n) is 3.11. The molecule has 1 aliphatic heterocycles. The summed E-state index contributed by atoms with van der Waals surface area (Å²) in [6.07, 6.45) is 0. The minimum atomic E-state index is -0.263. The predicted octanol–water partition coefficient (Wildman–Crippen LogP) is 0.212. The Morgan fingerprint density at radius 2 is 1.89 bits per heavy atom. The first-order valence-corrected chi connectivity index (χ1v) is 5.98. The van der Waals surface area contributed by atoms with Gasteiger partial charge in [-0.15, -0.1) is 0 Å². The van der Waals surface area contributed by atoms with E-state index in [9.17, 15) is 9.59 Å². The van der Waals surface area contributed by atoms with E-state index in [0.29, 0.717) is 6.54 Å². The van der Waals surface area contributed by atoms with Gasteiger partial charge < -0.3 is 10.6 Å². The molecule has 1 unspecified atom stereocenters. The van der Waals surface area contributed by atoms with Crippen molar-refractivity contribution in [3.8, 4) is 0 Å². The van der Waals surface area contributed by atoms with E-state index in [-0.39, 0.29) is 30.8 Å². The van der Waals surface area contributed by atoms with Gasteiger partial charge in [-0.25, -0.2) is 0 Å². The number of piperazine rings is 1. The molecule has 3 N–H and O–H groups in total. The van der Waals surface area contributed by atoms with E-state index in [1.807, 2.05) is 31.2 Å². The lowest BCUT2D eigenvalue weighted by atomic mass is 9.98. The third kappa shape index (κ3) is 2.51. The molecule has 1 aromatic rings. The van der Waals surface area contributed by atoms with Crippen LogP contribution in [-0.2, 0) is 9.59 Å². The van der Waals surface area contributed by atoms with Crippen LogP contribution in [0.5, 0.6) is 0 Å². The summed E-state index contributed by atoms with van der Waals surface area (Å²) >= 11 is 0. The normalized spacial score (nSPS) is 17.6. The Hall–Kier alpha value is -1.88. The molecule has 1 aliphatic rings. The fourth-order valence-electron chi connectivity index (χ4n) is 2.13. The summed E-state index contributed by atoms with van der Waals surface area (Å²) in [5.74, 6) is -0.329. The van der Waals surface area contributed by atoms with Crippen LogP contribution in [0, 0.1) is 0 Å². The van der Waals surface area contributed by atoms with E-state index in [4.69, 9.17) is 5.73 Å². The molecule has 0 aliphatic carbocycles. The van der Waals surface area contributed by atoms with E-state index in [0.717, 1.165) is 11.3 Å². The number of para-hydroxylation sites is 1. The van der Waals surface area contributed by atoms with E-state index in [1.165, 1.54) is 0 Å². The van der Waals surface area contributed by atoms with Crippen molar-refractivity contribution in [3.63, 3.8) is 0 Å². The van der Waals surface area contributed by atoms with Crippen LogP contribution in [0.4, 0.5) is 5.69 Å². The maximum absolute atomic E-state index is 11.4. The van der Waals surface area contributed by atoms with Gasteiger partial charge in [-0.3, -0.25) is 14.9 Å². The van der Waals surface area contributed by atoms with Crippen molar-refractivity contribution in [1.29, 1.82) is 0 Å². The summed E-state index contributed by atoms with van der Waals surface area (Å²) < 4.78 is 0. The molecule has 0 aromatic heterocycles. The van der Waals surface area contributed by atoms with Crippen LogP contribution < -0.4 is 16.0 Å². The molecule has 5 heteroatoms. The molecule has 1 saturated heterocycles. The van der Waals surface area contributed by atoms with Crippen molar-refractivity contribution in [2.75, 3.05) is 24.5 Å². The number of nitrogens with one attached hydrogen (secondary N) is 1. The van der Waals surface area contributed by atoms with Crippen LogP contribution in [0.1, 0.15) is 18.4 Å². The van der Waals surface area contributed by atoms with Crippen molar-refractivity contribution < 1.29 is 9.59 Å². The molecule has 0 spiro atoms. The predicted molar refractivity (Wildman–Crippen MR) is 69.3 cm³/mol. The Bertz CT molecular complexity index is 457. The van der Waals surface area contributed by atoms with E-state index in [2.05, 4.69) is 5.32 Å². The second kappa shape index (κ2) is 5.18. The number of nitrogens with two attached hydrogens (primary N) is 1. The summed E-state index contributed by atoms with van der Waals surface area (Å²) in [7, 11) is 0. The highest BCUT2D eigenvalue weighted by atomic mass is 16.2. The van der Waals surface area contributed by atoms with Crippen LogP contribution in [0.25, 0.3) is 0 Å². The van der Waals surface area contributed by atoms with Crippen LogP contribution in [0.15, 0.2) is 24.3 Å². The van der Waals surface area contributed by atoms with Crippen LogP contribution in [0.3, 0.4) is 0 Å². The molecule has 1 aromatic carbocycles. The van der Waals surface area contributed by atoms with Gasteiger partial charge in [-0.05, 0) is 24.1 Å². The highest BCUT2D eigenvalue weighted by molar-refractivity contribution is 6.02. The Labute approximate surface area is 106 Å². The fraction of sp³-hybridized carbons (Fsp3) is 0.385. The number of nitrogens with zero attached hydrogens (tertiary/aromatic N) is 1. The fourth-order valence-corrected chi connectivity index (χ4v) is 2.13. The van der Waals surface area contributed by atoms with Gasteiger partial charge >= 0.3 is 0 Å². The number of imide groups is 1. The van der Waals surface area contributed by atoms with Crippen molar-refractivity contribution >= 4 is 17.5 Å². The second-order valence-electron chi connectivity index (χ2n) is 4.52. The smallest absolute Gasteiger partial charge is 0.246 e. The second-order valence-corrected chi connectivity index (χ2v) is 4.52. The lowest BCUT2D eigenvalue weighted by molar-refractivity contribution is -0.130. The number of rotatable bonds is 3. The minimum Gasteiger partial charge on any atom is -0.353 e. The standard InChI is InChI=1S/C13H17N3O2/c1-9(6-14)10-4-2-3-5-11(10)16-7-12(17)15-13(18)8-16/h2-5,9H,6-8,14H2,1H3,(H,15,17,18). The summed E-state index contributed by atoms with van der Waals surface area (Å²) in [5.41, 5.74) is 7.68. The van der Waals surface area contributed by atoms with Crippen molar-refractivity contribution in [2.45, 2.75) is 12.8 Å². The molecule has 18 heavy (non-hydrogen) atoms. The lowest BCUT2D eigenvalue weighted by Crippen LogP contribution is -2.51. The number of hydrogen-bond donors (Lipinski definition) is 2. The molecule has 1 atom stereocenters. The first-order valence-electron chi connectivity index (χ1n) is 5.98. The largest absolute Gasteiger partial charge is 0.353 e. The first-order chi connectivity index (χ1) is 8.61. The molecule has 2 amide bonds. The Morgan fingerprint density at radius 3 is 2.50 bits per heavy atom. The van der Waals surface area contributed by atoms with Gasteiger partial charge in [-0.2, -0.15) is 0 Å². The number of carbonyl (C=O) groups excluding carboxylic acids is 2. The van der Waals surface area contributed by atoms with E-state index >= 15 is 0 Å². The van der Waals surface area contributed by atoms with Gasteiger partial charge in [0.15, 0.2) is 0 Å². The molecule has 1 fully saturated rings. The number of carbonyl (C=O) groups is 2. The molecular formula is C13H17N3O2. The van der Waals surface area contributed by atoms with Gasteiger partial charge in [0.25, 0.3) is 0 Å². The summed E-state index contributed by atoms with van der Waals surface area (Å²) in [5, 5.41) is 2.30. The van der Waals surface area contributed by atoms with Gasteiger partial charge in [0, 0.05) is 5.69 Å². The average molecular weight is 247 g/mol. The van der Waals surface area contributed by atoms with Gasteiger partial charge in [0.2, 0.25) is 11.8 Å².